The lowest BCUT2D eigenvalue weighted by Gasteiger charge is -2.16. The molecule has 0 saturated heterocycles. The van der Waals surface area contributed by atoms with Crippen molar-refractivity contribution in [2.45, 2.75) is 30.7 Å². The summed E-state index contributed by atoms with van der Waals surface area (Å²) in [6, 6.07) is 5.02. The molecule has 0 saturated carbocycles. The quantitative estimate of drug-likeness (QED) is 0.827. The second kappa shape index (κ2) is 5.90. The normalized spacial score (nSPS) is 15.9. The highest BCUT2D eigenvalue weighted by Gasteiger charge is 2.21. The standard InChI is InChI=1S/C13H20N2O3S/c1-3-11(9-18-2)15-19(16,17)12-4-5-13-10(8-12)6-7-14-13/h4-5,8,11,14-15H,3,6-7,9H2,1-2H3. The monoisotopic (exact) mass is 284 g/mol. The molecule has 2 rings (SSSR count). The molecule has 19 heavy (non-hydrogen) atoms. The van der Waals surface area contributed by atoms with Gasteiger partial charge >= 0.3 is 0 Å². The van der Waals surface area contributed by atoms with Crippen LogP contribution in [-0.2, 0) is 21.2 Å². The van der Waals surface area contributed by atoms with Crippen LogP contribution in [0.2, 0.25) is 0 Å². The number of fused-ring (bicyclic) bond motifs is 1. The molecule has 1 aromatic carbocycles. The summed E-state index contributed by atoms with van der Waals surface area (Å²) in [5, 5.41) is 3.22. The first-order chi connectivity index (χ1) is 9.06. The Morgan fingerprint density at radius 1 is 1.47 bits per heavy atom. The highest BCUT2D eigenvalue weighted by molar-refractivity contribution is 7.89. The first kappa shape index (κ1) is 14.3. The highest BCUT2D eigenvalue weighted by atomic mass is 32.2. The van der Waals surface area contributed by atoms with E-state index in [9.17, 15) is 8.42 Å². The molecule has 0 radical (unpaired) electrons. The maximum atomic E-state index is 12.3. The zero-order valence-electron chi connectivity index (χ0n) is 11.3. The van der Waals surface area contributed by atoms with E-state index < -0.39 is 10.0 Å². The maximum absolute atomic E-state index is 12.3. The van der Waals surface area contributed by atoms with E-state index in [4.69, 9.17) is 4.74 Å². The lowest BCUT2D eigenvalue weighted by molar-refractivity contribution is 0.173. The Hall–Kier alpha value is -1.11. The van der Waals surface area contributed by atoms with E-state index in [1.165, 1.54) is 0 Å². The van der Waals surface area contributed by atoms with Crippen molar-refractivity contribution < 1.29 is 13.2 Å². The summed E-state index contributed by atoms with van der Waals surface area (Å²) in [6.07, 6.45) is 1.56. The Morgan fingerprint density at radius 2 is 2.26 bits per heavy atom. The van der Waals surface area contributed by atoms with E-state index in [-0.39, 0.29) is 6.04 Å². The summed E-state index contributed by atoms with van der Waals surface area (Å²) < 4.78 is 32.3. The summed E-state index contributed by atoms with van der Waals surface area (Å²) in [5.41, 5.74) is 2.09. The summed E-state index contributed by atoms with van der Waals surface area (Å²) in [7, 11) is -1.91. The smallest absolute Gasteiger partial charge is 0.240 e. The first-order valence-corrected chi connectivity index (χ1v) is 7.93. The van der Waals surface area contributed by atoms with Gasteiger partial charge in [-0.05, 0) is 36.6 Å². The van der Waals surface area contributed by atoms with Gasteiger partial charge in [-0.25, -0.2) is 13.1 Å². The molecular formula is C13H20N2O3S. The van der Waals surface area contributed by atoms with Crippen LogP contribution < -0.4 is 10.0 Å². The molecule has 1 heterocycles. The fourth-order valence-electron chi connectivity index (χ4n) is 2.17. The molecule has 0 aromatic heterocycles. The van der Waals surface area contributed by atoms with Crippen molar-refractivity contribution in [3.8, 4) is 0 Å². The lowest BCUT2D eigenvalue weighted by Crippen LogP contribution is -2.37. The van der Waals surface area contributed by atoms with Crippen molar-refractivity contribution in [2.24, 2.45) is 0 Å². The van der Waals surface area contributed by atoms with E-state index in [0.717, 1.165) is 24.2 Å². The summed E-state index contributed by atoms with van der Waals surface area (Å²) in [6.45, 7) is 3.18. The van der Waals surface area contributed by atoms with Crippen molar-refractivity contribution >= 4 is 15.7 Å². The molecule has 0 bridgehead atoms. The topological polar surface area (TPSA) is 67.4 Å². The predicted octanol–water partition coefficient (Wildman–Crippen LogP) is 1.36. The fraction of sp³-hybridized carbons (Fsp3) is 0.538. The van der Waals surface area contributed by atoms with Crippen LogP contribution in [0.25, 0.3) is 0 Å². The number of anilines is 1. The van der Waals surface area contributed by atoms with Gasteiger partial charge in [-0.2, -0.15) is 0 Å². The van der Waals surface area contributed by atoms with Gasteiger partial charge in [-0.1, -0.05) is 6.92 Å². The van der Waals surface area contributed by atoms with Crippen LogP contribution in [0.1, 0.15) is 18.9 Å². The third-order valence-corrected chi connectivity index (χ3v) is 4.80. The minimum Gasteiger partial charge on any atom is -0.384 e. The van der Waals surface area contributed by atoms with Crippen molar-refractivity contribution in [1.29, 1.82) is 0 Å². The molecule has 106 valence electrons. The number of hydrogen-bond donors (Lipinski definition) is 2. The minimum absolute atomic E-state index is 0.193. The van der Waals surface area contributed by atoms with Gasteiger partial charge in [0.25, 0.3) is 0 Å². The van der Waals surface area contributed by atoms with E-state index in [0.29, 0.717) is 17.9 Å². The van der Waals surface area contributed by atoms with Gasteiger partial charge in [0.1, 0.15) is 0 Å². The minimum atomic E-state index is -3.47. The number of rotatable bonds is 6. The second-order valence-electron chi connectivity index (χ2n) is 4.68. The van der Waals surface area contributed by atoms with Crippen LogP contribution in [0, 0.1) is 0 Å². The van der Waals surface area contributed by atoms with Gasteiger partial charge in [0.15, 0.2) is 0 Å². The number of hydrogen-bond acceptors (Lipinski definition) is 4. The van der Waals surface area contributed by atoms with Crippen molar-refractivity contribution in [3.05, 3.63) is 23.8 Å². The molecule has 1 aromatic rings. The molecular weight excluding hydrogens is 264 g/mol. The Balaban J connectivity index is 2.19. The van der Waals surface area contributed by atoms with Gasteiger partial charge < -0.3 is 10.1 Å². The largest absolute Gasteiger partial charge is 0.384 e. The van der Waals surface area contributed by atoms with Crippen molar-refractivity contribution in [3.63, 3.8) is 0 Å². The Morgan fingerprint density at radius 3 is 2.95 bits per heavy atom. The van der Waals surface area contributed by atoms with E-state index in [1.54, 1.807) is 19.2 Å². The summed E-state index contributed by atoms with van der Waals surface area (Å²) >= 11 is 0. The van der Waals surface area contributed by atoms with Crippen molar-refractivity contribution in [2.75, 3.05) is 25.6 Å². The average molecular weight is 284 g/mol. The average Bonchev–Trinajstić information content (AvgIpc) is 2.85. The molecule has 0 amide bonds. The number of benzene rings is 1. The van der Waals surface area contributed by atoms with Crippen LogP contribution >= 0.6 is 0 Å². The Bertz CT molecular complexity index is 543. The predicted molar refractivity (Wildman–Crippen MR) is 74.9 cm³/mol. The van der Waals surface area contributed by atoms with Gasteiger partial charge in [0, 0.05) is 25.4 Å². The first-order valence-electron chi connectivity index (χ1n) is 6.45. The molecule has 6 heteroatoms. The van der Waals surface area contributed by atoms with Gasteiger partial charge in [0.2, 0.25) is 10.0 Å². The third kappa shape index (κ3) is 3.26. The molecule has 1 aliphatic heterocycles. The SMILES string of the molecule is CCC(COC)NS(=O)(=O)c1ccc2c(c1)CCN2. The highest BCUT2D eigenvalue weighted by Crippen LogP contribution is 2.25. The van der Waals surface area contributed by atoms with Gasteiger partial charge in [0.05, 0.1) is 11.5 Å². The van der Waals surface area contributed by atoms with E-state index >= 15 is 0 Å². The van der Waals surface area contributed by atoms with Crippen LogP contribution in [0.4, 0.5) is 5.69 Å². The lowest BCUT2D eigenvalue weighted by atomic mass is 10.2. The Kier molecular flexibility index (Phi) is 4.44. The molecule has 0 aliphatic carbocycles. The van der Waals surface area contributed by atoms with Gasteiger partial charge in [-0.3, -0.25) is 0 Å². The summed E-state index contributed by atoms with van der Waals surface area (Å²) in [4.78, 5) is 0.324. The van der Waals surface area contributed by atoms with Crippen LogP contribution in [0.5, 0.6) is 0 Å². The number of ether oxygens (including phenoxy) is 1. The Labute approximate surface area is 114 Å². The van der Waals surface area contributed by atoms with Crippen LogP contribution in [0.15, 0.2) is 23.1 Å². The molecule has 0 spiro atoms. The van der Waals surface area contributed by atoms with Crippen LogP contribution in [0.3, 0.4) is 0 Å². The number of nitrogens with one attached hydrogen (secondary N) is 2. The third-order valence-electron chi connectivity index (χ3n) is 3.28. The molecule has 2 N–H and O–H groups in total. The van der Waals surface area contributed by atoms with Crippen molar-refractivity contribution in [1.82, 2.24) is 4.72 Å². The molecule has 1 atom stereocenters. The van der Waals surface area contributed by atoms with E-state index in [2.05, 4.69) is 10.0 Å². The number of sulfonamides is 1. The summed E-state index contributed by atoms with van der Waals surface area (Å²) in [5.74, 6) is 0. The zero-order chi connectivity index (χ0) is 13.9. The fourth-order valence-corrected chi connectivity index (χ4v) is 3.53. The second-order valence-corrected chi connectivity index (χ2v) is 6.39. The zero-order valence-corrected chi connectivity index (χ0v) is 12.1. The van der Waals surface area contributed by atoms with Gasteiger partial charge in [-0.15, -0.1) is 0 Å². The van der Waals surface area contributed by atoms with E-state index in [1.807, 2.05) is 13.0 Å². The maximum Gasteiger partial charge on any atom is 0.240 e. The molecule has 1 unspecified atom stereocenters. The molecule has 0 fully saturated rings. The molecule has 5 nitrogen and oxygen atoms in total. The molecule has 1 aliphatic rings. The number of methoxy groups -OCH3 is 1. The van der Waals surface area contributed by atoms with Crippen LogP contribution in [-0.4, -0.2) is 34.7 Å².